The number of rotatable bonds is 13. The fourth-order valence-electron chi connectivity index (χ4n) is 9.14. The van der Waals surface area contributed by atoms with Crippen molar-refractivity contribution >= 4 is 48.6 Å². The van der Waals surface area contributed by atoms with Crippen molar-refractivity contribution in [1.29, 1.82) is 0 Å². The van der Waals surface area contributed by atoms with Crippen LogP contribution >= 0.6 is 11.6 Å². The van der Waals surface area contributed by atoms with Crippen LogP contribution in [0.1, 0.15) is 131 Å². The average Bonchev–Trinajstić information content (AvgIpc) is 3.27. The molecule has 0 radical (unpaired) electrons. The van der Waals surface area contributed by atoms with Gasteiger partial charge < -0.3 is 42.1 Å². The zero-order valence-electron chi connectivity index (χ0n) is 47.9. The molecule has 0 amide bonds. The van der Waals surface area contributed by atoms with Gasteiger partial charge in [-0.15, -0.1) is 0 Å². The molecule has 10 nitrogen and oxygen atoms in total. The van der Waals surface area contributed by atoms with Crippen molar-refractivity contribution < 1.29 is 46.9 Å². The first-order valence-corrected chi connectivity index (χ1v) is 35.8. The zero-order valence-corrected chi connectivity index (χ0v) is 51.6. The van der Waals surface area contributed by atoms with E-state index in [0.717, 1.165) is 30.4 Å². The molecule has 0 aliphatic carbocycles. The molecule has 2 aromatic rings. The van der Waals surface area contributed by atoms with Crippen molar-refractivity contribution in [2.75, 3.05) is 7.11 Å². The highest BCUT2D eigenvalue weighted by Gasteiger charge is 2.61. The molecule has 14 heteroatoms. The summed E-state index contributed by atoms with van der Waals surface area (Å²) >= 11 is 6.28. The molecular weight excluding hydrogens is 988 g/mol. The molecule has 8 bridgehead atoms. The van der Waals surface area contributed by atoms with Crippen LogP contribution in [-0.2, 0) is 32.2 Å². The third kappa shape index (κ3) is 15.3. The first-order valence-electron chi connectivity index (χ1n) is 26.6. The van der Waals surface area contributed by atoms with Gasteiger partial charge in [-0.05, 0) is 135 Å². The minimum absolute atomic E-state index is 0.0194. The molecular formula is C59H93ClO10Si3. The Morgan fingerprint density at radius 3 is 1.95 bits per heavy atom. The SMILES string of the molecule is C=C(Cl)/C=C\[C@H](CC(=C)C[C@H]1O[C@@H]2[C@H](C)[C@@H](OC(=O)c3ccc(cc3)Oc3ccc(cc3)/C=C\CCC[C@H]3O[C@](OC)(C[C@H](O[Si](C)(C)C(C)(C)C)[C@H]3C)[C@H]2O[Si](C)(C)C(C)(C)C)[C@@H]1O)O[Si](C)(C)C(C)(C)C. The van der Waals surface area contributed by atoms with Gasteiger partial charge in [0.15, 0.2) is 30.7 Å². The first kappa shape index (κ1) is 61.2. The van der Waals surface area contributed by atoms with E-state index < -0.39 is 73.1 Å². The Bertz CT molecular complexity index is 2240. The number of halogens is 1. The molecule has 0 saturated carbocycles. The van der Waals surface area contributed by atoms with E-state index in [1.54, 1.807) is 37.5 Å². The van der Waals surface area contributed by atoms with Gasteiger partial charge in [0, 0.05) is 30.4 Å². The van der Waals surface area contributed by atoms with Crippen LogP contribution in [0, 0.1) is 11.8 Å². The summed E-state index contributed by atoms with van der Waals surface area (Å²) in [7, 11) is -5.64. The molecule has 73 heavy (non-hydrogen) atoms. The fourth-order valence-corrected chi connectivity index (χ4v) is 13.2. The van der Waals surface area contributed by atoms with Gasteiger partial charge in [0.05, 0.1) is 36.1 Å². The number of aliphatic hydroxyl groups is 1. The number of aliphatic hydroxyl groups excluding tert-OH is 1. The lowest BCUT2D eigenvalue weighted by Crippen LogP contribution is -2.69. The Balaban J connectivity index is 1.69. The Labute approximate surface area is 449 Å². The number of esters is 1. The zero-order chi connectivity index (χ0) is 54.7. The van der Waals surface area contributed by atoms with E-state index >= 15 is 0 Å². The maximum absolute atomic E-state index is 14.5. The van der Waals surface area contributed by atoms with E-state index in [-0.39, 0.29) is 45.8 Å². The summed E-state index contributed by atoms with van der Waals surface area (Å²) in [5.74, 6) is -1.31. The van der Waals surface area contributed by atoms with Gasteiger partial charge in [-0.25, -0.2) is 4.79 Å². The maximum atomic E-state index is 14.5. The van der Waals surface area contributed by atoms with E-state index in [2.05, 4.69) is 134 Å². The number of hydrogen-bond donors (Lipinski definition) is 1. The molecule has 5 heterocycles. The van der Waals surface area contributed by atoms with E-state index in [1.165, 1.54) is 0 Å². The van der Waals surface area contributed by atoms with Gasteiger partial charge in [-0.3, -0.25) is 0 Å². The maximum Gasteiger partial charge on any atom is 0.338 e. The van der Waals surface area contributed by atoms with E-state index in [1.807, 2.05) is 37.3 Å². The summed E-state index contributed by atoms with van der Waals surface area (Å²) in [4.78, 5) is 14.5. The average molecular weight is 1080 g/mol. The minimum atomic E-state index is -2.71. The van der Waals surface area contributed by atoms with E-state index in [9.17, 15) is 9.90 Å². The third-order valence-electron chi connectivity index (χ3n) is 17.0. The molecule has 7 rings (SSSR count). The van der Waals surface area contributed by atoms with Crippen LogP contribution in [0.3, 0.4) is 0 Å². The smallest absolute Gasteiger partial charge is 0.338 e. The van der Waals surface area contributed by atoms with Crippen LogP contribution in [0.2, 0.25) is 54.4 Å². The second-order valence-electron chi connectivity index (χ2n) is 25.7. The number of benzene rings is 2. The molecule has 0 unspecified atom stereocenters. The summed E-state index contributed by atoms with van der Waals surface area (Å²) in [5.41, 5.74) is 2.16. The van der Waals surface area contributed by atoms with Crippen LogP contribution in [-0.4, -0.2) is 97.8 Å². The molecule has 2 aromatic carbocycles. The quantitative estimate of drug-likeness (QED) is 0.0901. The minimum Gasteiger partial charge on any atom is -0.457 e. The molecule has 11 atom stereocenters. The number of fused-ring (bicyclic) bond motifs is 2. The van der Waals surface area contributed by atoms with Crippen molar-refractivity contribution in [2.45, 2.75) is 224 Å². The lowest BCUT2D eigenvalue weighted by Gasteiger charge is -2.57. The predicted molar refractivity (Wildman–Crippen MR) is 306 cm³/mol. The molecule has 5 aliphatic heterocycles. The van der Waals surface area contributed by atoms with Crippen molar-refractivity contribution in [1.82, 2.24) is 0 Å². The van der Waals surface area contributed by atoms with Crippen LogP contribution in [0.25, 0.3) is 6.08 Å². The standard InChI is InChI=1S/C59H93ClO10Si3/c1-39(36-47(31-26-40(2)60)68-71(15,16)56(5,6)7)37-49-51(61)52-42(4)53(65-49)54(70-73(19,20)58(11,12)13)59(63-14)38-50(69-72(17,18)57(8,9)10)41(3)48(67-59)25-23-21-22-24-43-27-32-45(33-28-43)64-46-34-29-44(30-35-46)55(62)66-52/h22,24,26-35,41-42,47-54,61H,1-2,21,23,25,36-38H2,3-20H3/b24-22-,31-26-/t41-,42+,47+,48+,49+,50-,51+,52+,53+,54-,59+/m0/s1. The normalized spacial score (nSPS) is 29.1. The van der Waals surface area contributed by atoms with Crippen LogP contribution in [0.15, 0.2) is 90.5 Å². The molecule has 0 aromatic heterocycles. The largest absolute Gasteiger partial charge is 0.457 e. The number of carbonyl (C=O) groups excluding carboxylic acids is 1. The highest BCUT2D eigenvalue weighted by Crippen LogP contribution is 2.50. The van der Waals surface area contributed by atoms with Crippen LogP contribution in [0.4, 0.5) is 0 Å². The van der Waals surface area contributed by atoms with Crippen molar-refractivity contribution in [3.05, 3.63) is 102 Å². The lowest BCUT2D eigenvalue weighted by atomic mass is 9.78. The number of allylic oxidation sites excluding steroid dienone is 3. The fraction of sp³-hybridized carbons (Fsp3) is 0.644. The monoisotopic (exact) mass is 1080 g/mol. The van der Waals surface area contributed by atoms with Crippen LogP contribution < -0.4 is 4.74 Å². The Morgan fingerprint density at radius 1 is 0.836 bits per heavy atom. The third-order valence-corrected chi connectivity index (χ3v) is 30.6. The molecule has 2 saturated heterocycles. The summed E-state index contributed by atoms with van der Waals surface area (Å²) in [6.07, 6.45) is 5.83. The lowest BCUT2D eigenvalue weighted by molar-refractivity contribution is -0.354. The summed E-state index contributed by atoms with van der Waals surface area (Å²) < 4.78 is 56.7. The van der Waals surface area contributed by atoms with Gasteiger partial charge in [0.1, 0.15) is 29.8 Å². The van der Waals surface area contributed by atoms with Crippen molar-refractivity contribution in [2.24, 2.45) is 11.8 Å². The van der Waals surface area contributed by atoms with E-state index in [0.29, 0.717) is 34.9 Å². The predicted octanol–water partition coefficient (Wildman–Crippen LogP) is 15.5. The Hall–Kier alpha value is -2.67. The Morgan fingerprint density at radius 2 is 1.40 bits per heavy atom. The number of ether oxygens (including phenoxy) is 5. The van der Waals surface area contributed by atoms with Gasteiger partial charge in [0.25, 0.3) is 0 Å². The second kappa shape index (κ2) is 23.9. The van der Waals surface area contributed by atoms with Gasteiger partial charge in [-0.1, -0.05) is 137 Å². The first-order chi connectivity index (χ1) is 33.6. The Kier molecular flexibility index (Phi) is 20.0. The van der Waals surface area contributed by atoms with Gasteiger partial charge in [0.2, 0.25) is 0 Å². The van der Waals surface area contributed by atoms with Crippen molar-refractivity contribution in [3.63, 3.8) is 0 Å². The number of carbonyl (C=O) groups is 1. The van der Waals surface area contributed by atoms with Gasteiger partial charge in [-0.2, -0.15) is 0 Å². The van der Waals surface area contributed by atoms with Crippen molar-refractivity contribution in [3.8, 4) is 11.5 Å². The number of hydrogen-bond acceptors (Lipinski definition) is 10. The second-order valence-corrected chi connectivity index (χ2v) is 40.5. The molecule has 2 fully saturated rings. The molecule has 5 aliphatic rings. The topological polar surface area (TPSA) is 111 Å². The summed E-state index contributed by atoms with van der Waals surface area (Å²) in [6.45, 7) is 46.2. The van der Waals surface area contributed by atoms with Gasteiger partial charge >= 0.3 is 5.97 Å². The number of methoxy groups -OCH3 is 1. The molecule has 1 N–H and O–H groups in total. The molecule has 408 valence electrons. The summed E-state index contributed by atoms with van der Waals surface area (Å²) in [5, 5.41) is 12.7. The highest BCUT2D eigenvalue weighted by molar-refractivity contribution is 6.75. The van der Waals surface area contributed by atoms with Crippen LogP contribution in [0.5, 0.6) is 11.5 Å². The highest BCUT2D eigenvalue weighted by atomic mass is 35.5. The van der Waals surface area contributed by atoms with E-state index in [4.69, 9.17) is 48.6 Å². The summed E-state index contributed by atoms with van der Waals surface area (Å²) in [6, 6.07) is 14.8. The molecule has 0 spiro atoms.